The minimum Gasteiger partial charge on any atom is -0.497 e. The van der Waals surface area contributed by atoms with E-state index in [0.717, 1.165) is 10.1 Å². The number of aliphatic hydroxyl groups excluding tert-OH is 1. The Bertz CT molecular complexity index is 1940. The summed E-state index contributed by atoms with van der Waals surface area (Å²) in [5.74, 6) is 0.565. The van der Waals surface area contributed by atoms with E-state index in [-0.39, 0.29) is 17.7 Å². The highest BCUT2D eigenvalue weighted by molar-refractivity contribution is 5.89. The SMILES string of the molecule is COc1ccc(C(O[C@H]2CO[C@@H](n3cc(C)c(=O)[nH]c3=O)[C@H](O)[C@@H]2OC(=O)c2ccccc2)(c2ccccc2)c2ccc(OC)cc2)cc1. The topological polar surface area (TPSA) is 138 Å². The van der Waals surface area contributed by atoms with Gasteiger partial charge in [-0.2, -0.15) is 0 Å². The molecule has 0 unspecified atom stereocenters. The summed E-state index contributed by atoms with van der Waals surface area (Å²) in [4.78, 5) is 40.8. The third-order valence-electron chi connectivity index (χ3n) is 8.60. The van der Waals surface area contributed by atoms with Crippen molar-refractivity contribution < 1.29 is 33.6 Å². The van der Waals surface area contributed by atoms with E-state index < -0.39 is 47.4 Å². The predicted molar refractivity (Wildman–Crippen MR) is 180 cm³/mol. The van der Waals surface area contributed by atoms with Crippen molar-refractivity contribution in [1.29, 1.82) is 0 Å². The van der Waals surface area contributed by atoms with Gasteiger partial charge in [0.25, 0.3) is 5.56 Å². The fourth-order valence-corrected chi connectivity index (χ4v) is 6.06. The van der Waals surface area contributed by atoms with Gasteiger partial charge in [-0.05, 0) is 60.0 Å². The lowest BCUT2D eigenvalue weighted by Gasteiger charge is -2.45. The second-order valence-electron chi connectivity index (χ2n) is 11.6. The van der Waals surface area contributed by atoms with E-state index in [1.165, 1.54) is 13.1 Å². The molecule has 4 atom stereocenters. The first-order valence-electron chi connectivity index (χ1n) is 15.7. The zero-order valence-corrected chi connectivity index (χ0v) is 27.1. The number of benzene rings is 4. The molecule has 6 rings (SSSR count). The summed E-state index contributed by atoms with van der Waals surface area (Å²) in [5, 5.41) is 11.9. The molecule has 5 aromatic rings. The fraction of sp³-hybridized carbons (Fsp3) is 0.237. The van der Waals surface area contributed by atoms with Gasteiger partial charge in [0.05, 0.1) is 26.4 Å². The quantitative estimate of drug-likeness (QED) is 0.165. The molecule has 0 amide bonds. The number of nitrogens with zero attached hydrogens (tertiary/aromatic N) is 1. The van der Waals surface area contributed by atoms with Gasteiger partial charge in [0, 0.05) is 11.8 Å². The van der Waals surface area contributed by atoms with Crippen LogP contribution in [0.15, 0.2) is 125 Å². The number of nitrogens with one attached hydrogen (secondary N) is 1. The molecule has 1 aliphatic heterocycles. The standard InChI is InChI=1S/C38H36N2O9/c1-24-22-40(37(44)39-34(24)42)35-32(41)33(48-36(43)25-10-6-4-7-11-25)31(23-47-35)49-38(26-12-8-5-9-13-26,27-14-18-29(45-2)19-15-27)28-16-20-30(46-3)21-17-28/h4-22,31-33,35,41H,23H2,1-3H3,(H,39,42,44)/t31-,32+,33+,35+/m0/s1. The Hall–Kier alpha value is -5.49. The Balaban J connectivity index is 1.50. The van der Waals surface area contributed by atoms with Crippen LogP contribution in [-0.4, -0.2) is 59.8 Å². The average molecular weight is 665 g/mol. The first kappa shape index (κ1) is 33.4. The maximum atomic E-state index is 13.6. The average Bonchev–Trinajstić information content (AvgIpc) is 3.14. The molecule has 0 spiro atoms. The van der Waals surface area contributed by atoms with E-state index in [2.05, 4.69) is 4.98 Å². The molecule has 0 radical (unpaired) electrons. The van der Waals surface area contributed by atoms with E-state index in [9.17, 15) is 19.5 Å². The Morgan fingerprint density at radius 3 is 1.90 bits per heavy atom. The number of aromatic amines is 1. The number of carbonyl (C=O) groups is 1. The van der Waals surface area contributed by atoms with Crippen molar-refractivity contribution in [2.45, 2.75) is 37.1 Å². The van der Waals surface area contributed by atoms with Crippen molar-refractivity contribution in [3.05, 3.63) is 164 Å². The van der Waals surface area contributed by atoms with Crippen molar-refractivity contribution in [3.63, 3.8) is 0 Å². The number of hydrogen-bond acceptors (Lipinski definition) is 9. The van der Waals surface area contributed by atoms with Crippen LogP contribution in [0.2, 0.25) is 0 Å². The van der Waals surface area contributed by atoms with Crippen LogP contribution < -0.4 is 20.7 Å². The Kier molecular flexibility index (Phi) is 9.77. The molecular formula is C38H36N2O9. The Morgan fingerprint density at radius 1 is 0.816 bits per heavy atom. The monoisotopic (exact) mass is 664 g/mol. The summed E-state index contributed by atoms with van der Waals surface area (Å²) in [6, 6.07) is 32.7. The van der Waals surface area contributed by atoms with Gasteiger partial charge in [0.2, 0.25) is 0 Å². The zero-order chi connectivity index (χ0) is 34.5. The van der Waals surface area contributed by atoms with Crippen molar-refractivity contribution in [2.75, 3.05) is 20.8 Å². The predicted octanol–water partition coefficient (Wildman–Crippen LogP) is 4.35. The maximum absolute atomic E-state index is 13.6. The molecule has 49 heavy (non-hydrogen) atoms. The number of hydrogen-bond donors (Lipinski definition) is 2. The third-order valence-corrected chi connectivity index (χ3v) is 8.60. The van der Waals surface area contributed by atoms with Crippen molar-refractivity contribution in [3.8, 4) is 11.5 Å². The van der Waals surface area contributed by atoms with E-state index in [1.807, 2.05) is 78.9 Å². The molecule has 0 saturated carbocycles. The molecule has 1 saturated heterocycles. The van der Waals surface area contributed by atoms with E-state index in [4.69, 9.17) is 23.7 Å². The summed E-state index contributed by atoms with van der Waals surface area (Å²) < 4.78 is 31.4. The minimum atomic E-state index is -1.60. The van der Waals surface area contributed by atoms with Crippen molar-refractivity contribution in [1.82, 2.24) is 9.55 Å². The minimum absolute atomic E-state index is 0.208. The lowest BCUT2D eigenvalue weighted by atomic mass is 9.79. The lowest BCUT2D eigenvalue weighted by molar-refractivity contribution is -0.240. The van der Waals surface area contributed by atoms with Gasteiger partial charge in [0.1, 0.15) is 29.3 Å². The van der Waals surface area contributed by atoms with Gasteiger partial charge >= 0.3 is 11.7 Å². The van der Waals surface area contributed by atoms with Crippen LogP contribution in [0.1, 0.15) is 38.8 Å². The smallest absolute Gasteiger partial charge is 0.338 e. The van der Waals surface area contributed by atoms with Crippen LogP contribution in [0, 0.1) is 6.92 Å². The molecule has 2 N–H and O–H groups in total. The van der Waals surface area contributed by atoms with Gasteiger partial charge in [-0.3, -0.25) is 14.3 Å². The molecule has 1 aromatic heterocycles. The molecule has 1 fully saturated rings. The second-order valence-corrected chi connectivity index (χ2v) is 11.6. The number of esters is 1. The van der Waals surface area contributed by atoms with Gasteiger partial charge in [-0.1, -0.05) is 72.8 Å². The van der Waals surface area contributed by atoms with Crippen LogP contribution in [0.4, 0.5) is 0 Å². The highest BCUT2D eigenvalue weighted by Crippen LogP contribution is 2.44. The molecule has 2 heterocycles. The number of methoxy groups -OCH3 is 2. The highest BCUT2D eigenvalue weighted by Gasteiger charge is 2.49. The van der Waals surface area contributed by atoms with Crippen LogP contribution in [0.3, 0.4) is 0 Å². The number of rotatable bonds is 10. The summed E-state index contributed by atoms with van der Waals surface area (Å²) in [6.45, 7) is 1.32. The van der Waals surface area contributed by atoms with Crippen molar-refractivity contribution in [2.24, 2.45) is 0 Å². The largest absolute Gasteiger partial charge is 0.497 e. The van der Waals surface area contributed by atoms with E-state index in [1.54, 1.807) is 44.6 Å². The molecule has 0 aliphatic carbocycles. The van der Waals surface area contributed by atoms with E-state index >= 15 is 0 Å². The third kappa shape index (κ3) is 6.64. The summed E-state index contributed by atoms with van der Waals surface area (Å²) in [7, 11) is 3.16. The van der Waals surface area contributed by atoms with Gasteiger partial charge in [0.15, 0.2) is 12.3 Å². The van der Waals surface area contributed by atoms with Crippen LogP contribution >= 0.6 is 0 Å². The van der Waals surface area contributed by atoms with Crippen molar-refractivity contribution >= 4 is 5.97 Å². The Morgan fingerprint density at radius 2 is 1.35 bits per heavy atom. The summed E-state index contributed by atoms with van der Waals surface area (Å²) >= 11 is 0. The molecule has 11 heteroatoms. The van der Waals surface area contributed by atoms with Crippen LogP contribution in [0.5, 0.6) is 11.5 Å². The number of carbonyl (C=O) groups excluding carboxylic acids is 1. The van der Waals surface area contributed by atoms with Crippen LogP contribution in [0.25, 0.3) is 0 Å². The summed E-state index contributed by atoms with van der Waals surface area (Å²) in [5.41, 5.74) is -0.0506. The first-order valence-corrected chi connectivity index (χ1v) is 15.7. The number of H-pyrrole nitrogens is 1. The number of ether oxygens (including phenoxy) is 5. The van der Waals surface area contributed by atoms with Crippen LogP contribution in [-0.2, 0) is 19.8 Å². The molecule has 252 valence electrons. The normalized spacial score (nSPS) is 19.2. The second kappa shape index (κ2) is 14.3. The molecule has 1 aliphatic rings. The zero-order valence-electron chi connectivity index (χ0n) is 27.1. The lowest BCUT2D eigenvalue weighted by Crippen LogP contribution is -2.57. The molecule has 4 aromatic carbocycles. The highest BCUT2D eigenvalue weighted by atomic mass is 16.6. The van der Waals surface area contributed by atoms with Gasteiger partial charge in [-0.25, -0.2) is 9.59 Å². The number of aromatic nitrogens is 2. The number of aliphatic hydroxyl groups is 1. The molecule has 0 bridgehead atoms. The number of aryl methyl sites for hydroxylation is 1. The maximum Gasteiger partial charge on any atom is 0.338 e. The fourth-order valence-electron chi connectivity index (χ4n) is 6.06. The molecule has 11 nitrogen and oxygen atoms in total. The Labute approximate surface area is 282 Å². The van der Waals surface area contributed by atoms with E-state index in [0.29, 0.717) is 22.6 Å². The van der Waals surface area contributed by atoms with Gasteiger partial charge in [-0.15, -0.1) is 0 Å². The summed E-state index contributed by atoms with van der Waals surface area (Å²) in [6.07, 6.45) is -4.04. The van der Waals surface area contributed by atoms with Gasteiger partial charge < -0.3 is 28.8 Å². The molecular weight excluding hydrogens is 628 g/mol. The first-order chi connectivity index (χ1) is 23.7.